The molecule has 0 aliphatic carbocycles. The Labute approximate surface area is 152 Å². The summed E-state index contributed by atoms with van der Waals surface area (Å²) in [6.07, 6.45) is 0.386. The second kappa shape index (κ2) is 8.60. The Kier molecular flexibility index (Phi) is 6.49. The van der Waals surface area contributed by atoms with Gasteiger partial charge >= 0.3 is 5.97 Å². The van der Waals surface area contributed by atoms with Gasteiger partial charge in [0.1, 0.15) is 6.04 Å². The Morgan fingerprint density at radius 3 is 2.19 bits per heavy atom. The molecule has 140 valence electrons. The number of ether oxygens (including phenoxy) is 1. The summed E-state index contributed by atoms with van der Waals surface area (Å²) < 4.78 is 4.99. The molecule has 0 aromatic heterocycles. The molecule has 1 aromatic rings. The van der Waals surface area contributed by atoms with Crippen LogP contribution in [0.3, 0.4) is 0 Å². The molecular weight excluding hydrogens is 336 g/mol. The van der Waals surface area contributed by atoms with Crippen molar-refractivity contribution in [1.82, 2.24) is 10.2 Å². The summed E-state index contributed by atoms with van der Waals surface area (Å²) in [4.78, 5) is 49.8. The molecule has 1 aliphatic rings. The van der Waals surface area contributed by atoms with Crippen molar-refractivity contribution in [3.63, 3.8) is 0 Å². The third-order valence-electron chi connectivity index (χ3n) is 4.05. The molecule has 0 saturated carbocycles. The van der Waals surface area contributed by atoms with Crippen LogP contribution in [0.4, 0.5) is 0 Å². The van der Waals surface area contributed by atoms with Gasteiger partial charge in [0.15, 0.2) is 0 Å². The van der Waals surface area contributed by atoms with Gasteiger partial charge < -0.3 is 10.1 Å². The number of benzene rings is 1. The van der Waals surface area contributed by atoms with E-state index in [1.165, 1.54) is 0 Å². The van der Waals surface area contributed by atoms with E-state index in [1.54, 1.807) is 31.2 Å². The van der Waals surface area contributed by atoms with E-state index in [9.17, 15) is 19.2 Å². The highest BCUT2D eigenvalue weighted by Gasteiger charge is 2.35. The van der Waals surface area contributed by atoms with Gasteiger partial charge in [-0.25, -0.2) is 4.79 Å². The first-order valence-corrected chi connectivity index (χ1v) is 8.76. The van der Waals surface area contributed by atoms with Crippen molar-refractivity contribution in [3.05, 3.63) is 35.4 Å². The number of imide groups is 1. The van der Waals surface area contributed by atoms with Gasteiger partial charge in [-0.15, -0.1) is 0 Å². The molecule has 1 aliphatic heterocycles. The van der Waals surface area contributed by atoms with Crippen molar-refractivity contribution in [2.75, 3.05) is 13.2 Å². The van der Waals surface area contributed by atoms with Crippen LogP contribution in [0, 0.1) is 5.92 Å². The molecule has 0 bridgehead atoms. The number of rotatable bonds is 8. The Hall–Kier alpha value is -2.70. The average Bonchev–Trinajstić information content (AvgIpc) is 2.84. The Morgan fingerprint density at radius 2 is 1.69 bits per heavy atom. The lowest BCUT2D eigenvalue weighted by Gasteiger charge is -2.20. The third-order valence-corrected chi connectivity index (χ3v) is 4.05. The van der Waals surface area contributed by atoms with E-state index in [0.29, 0.717) is 17.5 Å². The Balaban J connectivity index is 1.94. The zero-order chi connectivity index (χ0) is 19.3. The molecule has 0 unspecified atom stereocenters. The number of hydrogen-bond donors (Lipinski definition) is 1. The number of fused-ring (bicyclic) bond motifs is 1. The molecule has 1 N–H and O–H groups in total. The standard InChI is InChI=1S/C19H24N2O5/c1-4-26-19(25)15(11-12(2)3)20-16(22)9-10-21-17(23)13-7-5-6-8-14(13)18(21)24/h5-8,12,15H,4,9-11H2,1-3H3,(H,20,22)/t15-/m1/s1. The zero-order valence-electron chi connectivity index (χ0n) is 15.3. The SMILES string of the molecule is CCOC(=O)[C@@H](CC(C)C)NC(=O)CCN1C(=O)c2ccccc2C1=O. The summed E-state index contributed by atoms with van der Waals surface area (Å²) in [5, 5.41) is 2.64. The monoisotopic (exact) mass is 360 g/mol. The summed E-state index contributed by atoms with van der Waals surface area (Å²) in [7, 11) is 0. The maximum Gasteiger partial charge on any atom is 0.328 e. The maximum atomic E-state index is 12.3. The van der Waals surface area contributed by atoms with Crippen LogP contribution >= 0.6 is 0 Å². The van der Waals surface area contributed by atoms with Crippen molar-refractivity contribution in [3.8, 4) is 0 Å². The molecule has 26 heavy (non-hydrogen) atoms. The van der Waals surface area contributed by atoms with E-state index in [2.05, 4.69) is 5.32 Å². The zero-order valence-corrected chi connectivity index (χ0v) is 15.3. The molecule has 1 aromatic carbocycles. The molecular formula is C19H24N2O5. The predicted molar refractivity (Wildman–Crippen MR) is 94.4 cm³/mol. The van der Waals surface area contributed by atoms with Crippen molar-refractivity contribution < 1.29 is 23.9 Å². The maximum absolute atomic E-state index is 12.3. The largest absolute Gasteiger partial charge is 0.464 e. The molecule has 0 saturated heterocycles. The number of nitrogens with one attached hydrogen (secondary N) is 1. The summed E-state index contributed by atoms with van der Waals surface area (Å²) in [6.45, 7) is 5.79. The Bertz CT molecular complexity index is 679. The lowest BCUT2D eigenvalue weighted by Crippen LogP contribution is -2.44. The van der Waals surface area contributed by atoms with E-state index in [0.717, 1.165) is 4.90 Å². The van der Waals surface area contributed by atoms with Crippen LogP contribution in [0.2, 0.25) is 0 Å². The minimum absolute atomic E-state index is 0.0323. The number of nitrogens with zero attached hydrogens (tertiary/aromatic N) is 1. The van der Waals surface area contributed by atoms with Crippen LogP contribution in [0.5, 0.6) is 0 Å². The fourth-order valence-electron chi connectivity index (χ4n) is 2.85. The van der Waals surface area contributed by atoms with Crippen LogP contribution in [-0.2, 0) is 14.3 Å². The van der Waals surface area contributed by atoms with Gasteiger partial charge in [0.25, 0.3) is 11.8 Å². The molecule has 7 heteroatoms. The van der Waals surface area contributed by atoms with Gasteiger partial charge in [0.2, 0.25) is 5.91 Å². The second-order valence-corrected chi connectivity index (χ2v) is 6.56. The quantitative estimate of drug-likeness (QED) is 0.563. The number of esters is 1. The molecule has 1 heterocycles. The number of amides is 3. The van der Waals surface area contributed by atoms with Gasteiger partial charge in [-0.1, -0.05) is 26.0 Å². The molecule has 0 fully saturated rings. The van der Waals surface area contributed by atoms with E-state index in [1.807, 2.05) is 13.8 Å². The molecule has 7 nitrogen and oxygen atoms in total. The average molecular weight is 360 g/mol. The van der Waals surface area contributed by atoms with E-state index in [4.69, 9.17) is 4.74 Å². The Morgan fingerprint density at radius 1 is 1.12 bits per heavy atom. The van der Waals surface area contributed by atoms with Gasteiger partial charge in [0.05, 0.1) is 17.7 Å². The van der Waals surface area contributed by atoms with E-state index in [-0.39, 0.29) is 25.5 Å². The fourth-order valence-corrected chi connectivity index (χ4v) is 2.85. The minimum Gasteiger partial charge on any atom is -0.464 e. The van der Waals surface area contributed by atoms with Crippen molar-refractivity contribution >= 4 is 23.7 Å². The summed E-state index contributed by atoms with van der Waals surface area (Å²) in [5.41, 5.74) is 0.698. The van der Waals surface area contributed by atoms with Crippen LogP contribution in [0.25, 0.3) is 0 Å². The smallest absolute Gasteiger partial charge is 0.328 e. The first-order valence-electron chi connectivity index (χ1n) is 8.76. The van der Waals surface area contributed by atoms with Crippen LogP contribution in [0.1, 0.15) is 54.3 Å². The predicted octanol–water partition coefficient (Wildman–Crippen LogP) is 1.77. The lowest BCUT2D eigenvalue weighted by atomic mass is 10.0. The van der Waals surface area contributed by atoms with Crippen molar-refractivity contribution in [1.29, 1.82) is 0 Å². The normalized spacial score (nSPS) is 14.4. The van der Waals surface area contributed by atoms with Crippen LogP contribution < -0.4 is 5.32 Å². The van der Waals surface area contributed by atoms with Gasteiger partial charge in [-0.2, -0.15) is 0 Å². The van der Waals surface area contributed by atoms with Crippen molar-refractivity contribution in [2.24, 2.45) is 5.92 Å². The molecule has 1 atom stereocenters. The first kappa shape index (κ1) is 19.6. The van der Waals surface area contributed by atoms with E-state index < -0.39 is 29.7 Å². The lowest BCUT2D eigenvalue weighted by molar-refractivity contribution is -0.147. The fraction of sp³-hybridized carbons (Fsp3) is 0.474. The topological polar surface area (TPSA) is 92.8 Å². The molecule has 0 radical (unpaired) electrons. The van der Waals surface area contributed by atoms with Gasteiger partial charge in [-0.05, 0) is 31.4 Å². The summed E-state index contributed by atoms with van der Waals surface area (Å²) in [5.74, 6) is -1.48. The highest BCUT2D eigenvalue weighted by molar-refractivity contribution is 6.21. The third kappa shape index (κ3) is 4.47. The van der Waals surface area contributed by atoms with Gasteiger partial charge in [0, 0.05) is 13.0 Å². The second-order valence-electron chi connectivity index (χ2n) is 6.56. The number of hydrogen-bond acceptors (Lipinski definition) is 5. The number of carbonyl (C=O) groups excluding carboxylic acids is 4. The molecule has 2 rings (SSSR count). The summed E-state index contributed by atoms with van der Waals surface area (Å²) in [6, 6.07) is 5.83. The van der Waals surface area contributed by atoms with E-state index >= 15 is 0 Å². The van der Waals surface area contributed by atoms with Crippen molar-refractivity contribution in [2.45, 2.75) is 39.7 Å². The summed E-state index contributed by atoms with van der Waals surface area (Å²) >= 11 is 0. The van der Waals surface area contributed by atoms with Crippen LogP contribution in [-0.4, -0.2) is 47.8 Å². The highest BCUT2D eigenvalue weighted by atomic mass is 16.5. The van der Waals surface area contributed by atoms with Gasteiger partial charge in [-0.3, -0.25) is 19.3 Å². The van der Waals surface area contributed by atoms with Crippen LogP contribution in [0.15, 0.2) is 24.3 Å². The first-order chi connectivity index (χ1) is 12.3. The molecule has 0 spiro atoms. The molecule has 3 amide bonds. The number of carbonyl (C=O) groups is 4. The minimum atomic E-state index is -0.732. The highest BCUT2D eigenvalue weighted by Crippen LogP contribution is 2.22.